The number of nitrogens with one attached hydrogen (secondary N) is 1. The Morgan fingerprint density at radius 2 is 1.57 bits per heavy atom. The Hall–Kier alpha value is -1.50. The van der Waals surface area contributed by atoms with Gasteiger partial charge in [-0.2, -0.15) is 5.26 Å². The Morgan fingerprint density at radius 1 is 1.05 bits per heavy atom. The minimum absolute atomic E-state index is 0.0181. The third-order valence-electron chi connectivity index (χ3n) is 3.36. The number of unbranched alkanes of at least 4 members (excludes halogenated alkanes) is 9. The third-order valence-corrected chi connectivity index (χ3v) is 3.36. The third kappa shape index (κ3) is 12.0. The molecule has 0 rings (SSSR count). The summed E-state index contributed by atoms with van der Waals surface area (Å²) in [4.78, 5) is 11.5. The molecule has 0 bridgehead atoms. The molecule has 4 heteroatoms. The maximum Gasteiger partial charge on any atom is 0.350 e. The summed E-state index contributed by atoms with van der Waals surface area (Å²) in [6, 6.07) is 1.82. The first-order valence-electron chi connectivity index (χ1n) is 8.20. The molecule has 4 nitrogen and oxygen atoms in total. The average Bonchev–Trinajstić information content (AvgIpc) is 2.50. The molecule has 0 fully saturated rings. The molecule has 120 valence electrons. The van der Waals surface area contributed by atoms with Gasteiger partial charge >= 0.3 is 5.97 Å². The second-order valence-electron chi connectivity index (χ2n) is 5.28. The first kappa shape index (κ1) is 19.5. The second-order valence-corrected chi connectivity index (χ2v) is 5.28. The van der Waals surface area contributed by atoms with Gasteiger partial charge in [-0.15, -0.1) is 0 Å². The van der Waals surface area contributed by atoms with Crippen molar-refractivity contribution < 1.29 is 9.53 Å². The van der Waals surface area contributed by atoms with Gasteiger partial charge < -0.3 is 10.1 Å². The number of rotatable bonds is 13. The number of hydrogen-bond donors (Lipinski definition) is 1. The molecule has 0 aliphatic carbocycles. The number of carbonyl (C=O) groups excluding carboxylic acids is 1. The van der Waals surface area contributed by atoms with Crippen molar-refractivity contribution in [3.63, 3.8) is 0 Å². The Morgan fingerprint density at radius 3 is 2.05 bits per heavy atom. The minimum Gasteiger partial charge on any atom is -0.462 e. The van der Waals surface area contributed by atoms with E-state index < -0.39 is 5.97 Å². The van der Waals surface area contributed by atoms with Crippen LogP contribution in [-0.4, -0.2) is 19.6 Å². The van der Waals surface area contributed by atoms with Crippen molar-refractivity contribution >= 4 is 5.97 Å². The van der Waals surface area contributed by atoms with Crippen LogP contribution in [0.3, 0.4) is 0 Å². The lowest BCUT2D eigenvalue weighted by molar-refractivity contribution is -0.138. The molecule has 0 saturated carbocycles. The summed E-state index contributed by atoms with van der Waals surface area (Å²) in [6.45, 7) is 2.64. The highest BCUT2D eigenvalue weighted by atomic mass is 16.5. The smallest absolute Gasteiger partial charge is 0.350 e. The molecule has 0 radical (unpaired) electrons. The summed E-state index contributed by atoms with van der Waals surface area (Å²) >= 11 is 0. The van der Waals surface area contributed by atoms with Gasteiger partial charge in [-0.1, -0.05) is 64.7 Å². The molecule has 0 aliphatic heterocycles. The summed E-state index contributed by atoms with van der Waals surface area (Å²) in [5, 5.41) is 11.4. The number of esters is 1. The Kier molecular flexibility index (Phi) is 13.8. The highest BCUT2D eigenvalue weighted by molar-refractivity contribution is 5.92. The SMILES string of the molecule is CCCCCCCCCCCCOC(=O)/C(C#N)=C/NC. The average molecular weight is 294 g/mol. The quantitative estimate of drug-likeness (QED) is 0.241. The summed E-state index contributed by atoms with van der Waals surface area (Å²) in [7, 11) is 1.65. The molecular weight excluding hydrogens is 264 g/mol. The van der Waals surface area contributed by atoms with Gasteiger partial charge in [-0.05, 0) is 6.42 Å². The van der Waals surface area contributed by atoms with Crippen LogP contribution in [0.1, 0.15) is 71.1 Å². The van der Waals surface area contributed by atoms with Crippen LogP contribution < -0.4 is 5.32 Å². The van der Waals surface area contributed by atoms with E-state index in [0.29, 0.717) is 6.61 Å². The molecule has 0 saturated heterocycles. The largest absolute Gasteiger partial charge is 0.462 e. The molecule has 0 aromatic heterocycles. The van der Waals surface area contributed by atoms with Gasteiger partial charge in [-0.25, -0.2) is 4.79 Å². The van der Waals surface area contributed by atoms with E-state index in [4.69, 9.17) is 10.00 Å². The number of nitrogens with zero attached hydrogens (tertiary/aromatic N) is 1. The lowest BCUT2D eigenvalue weighted by Gasteiger charge is -2.04. The second kappa shape index (κ2) is 14.9. The predicted octanol–water partition coefficient (Wildman–Crippen LogP) is 4.08. The zero-order chi connectivity index (χ0) is 15.8. The van der Waals surface area contributed by atoms with Crippen LogP contribution in [0.2, 0.25) is 0 Å². The van der Waals surface area contributed by atoms with E-state index in [1.807, 2.05) is 6.07 Å². The maximum atomic E-state index is 11.5. The number of ether oxygens (including phenoxy) is 1. The van der Waals surface area contributed by atoms with Gasteiger partial charge in [0, 0.05) is 13.2 Å². The maximum absolute atomic E-state index is 11.5. The van der Waals surface area contributed by atoms with Crippen molar-refractivity contribution in [2.75, 3.05) is 13.7 Å². The van der Waals surface area contributed by atoms with E-state index in [1.165, 1.54) is 57.6 Å². The predicted molar refractivity (Wildman–Crippen MR) is 85.6 cm³/mol. The molecule has 0 aromatic carbocycles. The number of carbonyl (C=O) groups is 1. The van der Waals surface area contributed by atoms with Crippen molar-refractivity contribution in [3.05, 3.63) is 11.8 Å². The van der Waals surface area contributed by atoms with Crippen LogP contribution in [0.25, 0.3) is 0 Å². The fourth-order valence-electron chi connectivity index (χ4n) is 2.11. The molecule has 0 aliphatic rings. The minimum atomic E-state index is -0.539. The van der Waals surface area contributed by atoms with Crippen LogP contribution in [0.15, 0.2) is 11.8 Å². The van der Waals surface area contributed by atoms with Crippen LogP contribution >= 0.6 is 0 Å². The van der Waals surface area contributed by atoms with Crippen LogP contribution in [-0.2, 0) is 9.53 Å². The highest BCUT2D eigenvalue weighted by Crippen LogP contribution is 2.10. The zero-order valence-corrected chi connectivity index (χ0v) is 13.6. The molecular formula is C17H30N2O2. The van der Waals surface area contributed by atoms with Gasteiger partial charge in [0.1, 0.15) is 6.07 Å². The first-order valence-corrected chi connectivity index (χ1v) is 8.20. The van der Waals surface area contributed by atoms with Gasteiger partial charge in [0.15, 0.2) is 5.57 Å². The fourth-order valence-corrected chi connectivity index (χ4v) is 2.11. The number of nitriles is 1. The van der Waals surface area contributed by atoms with Crippen LogP contribution in [0, 0.1) is 11.3 Å². The highest BCUT2D eigenvalue weighted by Gasteiger charge is 2.09. The Labute approximate surface area is 129 Å². The summed E-state index contributed by atoms with van der Waals surface area (Å²) < 4.78 is 5.05. The summed E-state index contributed by atoms with van der Waals surface area (Å²) in [5.74, 6) is -0.539. The Balaban J connectivity index is 3.38. The molecule has 21 heavy (non-hydrogen) atoms. The Bertz CT molecular complexity index is 332. The van der Waals surface area contributed by atoms with Gasteiger partial charge in [-0.3, -0.25) is 0 Å². The van der Waals surface area contributed by atoms with Crippen molar-refractivity contribution in [2.24, 2.45) is 0 Å². The normalized spacial score (nSPS) is 11.0. The monoisotopic (exact) mass is 294 g/mol. The summed E-state index contributed by atoms with van der Waals surface area (Å²) in [5.41, 5.74) is 0.0181. The van der Waals surface area contributed by atoms with Crippen molar-refractivity contribution in [3.8, 4) is 6.07 Å². The van der Waals surface area contributed by atoms with E-state index in [0.717, 1.165) is 12.8 Å². The van der Waals surface area contributed by atoms with Crippen molar-refractivity contribution in [1.29, 1.82) is 5.26 Å². The first-order chi connectivity index (χ1) is 10.3. The molecule has 0 unspecified atom stereocenters. The van der Waals surface area contributed by atoms with E-state index in [-0.39, 0.29) is 5.57 Å². The zero-order valence-electron chi connectivity index (χ0n) is 13.6. The van der Waals surface area contributed by atoms with E-state index >= 15 is 0 Å². The molecule has 0 aromatic rings. The topological polar surface area (TPSA) is 62.1 Å². The van der Waals surface area contributed by atoms with Gasteiger partial charge in [0.25, 0.3) is 0 Å². The molecule has 0 heterocycles. The van der Waals surface area contributed by atoms with Crippen molar-refractivity contribution in [1.82, 2.24) is 5.32 Å². The fraction of sp³-hybridized carbons (Fsp3) is 0.765. The standard InChI is InChI=1S/C17H30N2O2/c1-3-4-5-6-7-8-9-10-11-12-13-21-17(20)16(14-18)15-19-2/h15,19H,3-13H2,1-2H3/b16-15+. The van der Waals surface area contributed by atoms with E-state index in [1.54, 1.807) is 7.05 Å². The van der Waals surface area contributed by atoms with E-state index in [2.05, 4.69) is 12.2 Å². The van der Waals surface area contributed by atoms with E-state index in [9.17, 15) is 4.79 Å². The lowest BCUT2D eigenvalue weighted by atomic mass is 10.1. The van der Waals surface area contributed by atoms with Crippen molar-refractivity contribution in [2.45, 2.75) is 71.1 Å². The molecule has 0 atom stereocenters. The molecule has 0 amide bonds. The van der Waals surface area contributed by atoms with Gasteiger partial charge in [0.2, 0.25) is 0 Å². The van der Waals surface area contributed by atoms with Gasteiger partial charge in [0.05, 0.1) is 6.61 Å². The van der Waals surface area contributed by atoms with Crippen LogP contribution in [0.4, 0.5) is 0 Å². The molecule has 1 N–H and O–H groups in total. The number of hydrogen-bond acceptors (Lipinski definition) is 4. The summed E-state index contributed by atoms with van der Waals surface area (Å²) in [6.07, 6.45) is 13.8. The van der Waals surface area contributed by atoms with Crippen LogP contribution in [0.5, 0.6) is 0 Å². The lowest BCUT2D eigenvalue weighted by Crippen LogP contribution is -2.10. The molecule has 0 spiro atoms.